The van der Waals surface area contributed by atoms with Crippen LogP contribution in [-0.2, 0) is 10.3 Å². The van der Waals surface area contributed by atoms with Gasteiger partial charge in [0.25, 0.3) is 0 Å². The van der Waals surface area contributed by atoms with Gasteiger partial charge in [-0.25, -0.2) is 0 Å². The molecule has 1 unspecified atom stereocenters. The zero-order chi connectivity index (χ0) is 7.82. The lowest BCUT2D eigenvalue weighted by Gasteiger charge is -1.80. The minimum absolute atomic E-state index is 0. The summed E-state index contributed by atoms with van der Waals surface area (Å²) in [7, 11) is 1.80. The van der Waals surface area contributed by atoms with Gasteiger partial charge in [-0.1, -0.05) is 6.07 Å². The molecular weight excluding hydrogens is 209 g/mol. The summed E-state index contributed by atoms with van der Waals surface area (Å²) in [6.45, 7) is 0. The van der Waals surface area contributed by atoms with Gasteiger partial charge in [-0.05, 0) is 22.8 Å². The molecule has 0 bridgehead atoms. The van der Waals surface area contributed by atoms with Gasteiger partial charge in [-0.3, -0.25) is 9.19 Å². The normalized spacial score (nSPS) is 10.0. The molecule has 0 spiro atoms. The van der Waals surface area contributed by atoms with Crippen LogP contribution in [0.4, 0.5) is 0 Å². The number of aromatic nitrogens is 1. The van der Waals surface area contributed by atoms with Crippen molar-refractivity contribution in [1.29, 1.82) is 0 Å². The van der Waals surface area contributed by atoms with E-state index in [2.05, 4.69) is 15.7 Å². The van der Waals surface area contributed by atoms with Crippen molar-refractivity contribution in [2.45, 2.75) is 0 Å². The quantitative estimate of drug-likeness (QED) is 0.487. The third-order valence-corrected chi connectivity index (χ3v) is 0.566. The summed E-state index contributed by atoms with van der Waals surface area (Å²) in [5.41, 5.74) is 0. The van der Waals surface area contributed by atoms with Gasteiger partial charge in [-0.15, -0.1) is 12.4 Å². The second-order valence-electron chi connectivity index (χ2n) is 1.22. The molecule has 0 N–H and O–H groups in total. The third-order valence-electron chi connectivity index (χ3n) is 0.566. The molecule has 64 valence electrons. The molecule has 0 aromatic carbocycles. The van der Waals surface area contributed by atoms with Crippen molar-refractivity contribution in [3.63, 3.8) is 0 Å². The van der Waals surface area contributed by atoms with Gasteiger partial charge in [0.15, 0.2) is 0 Å². The molecule has 1 atom stereocenters. The Morgan fingerprint density at radius 1 is 1.27 bits per heavy atom. The van der Waals surface area contributed by atoms with E-state index in [0.29, 0.717) is 0 Å². The SMILES string of the molecule is Cl.O=S([O-])Cl.c1ccncc1. The first-order valence-electron chi connectivity index (χ1n) is 2.34. The van der Waals surface area contributed by atoms with E-state index in [4.69, 9.17) is 8.76 Å². The standard InChI is InChI=1S/C5H5N.ClHO2S.ClH/c1-2-4-6-5-3-1;1-4(2)3;/h1-5H;(H,2,3);1H/p-1. The second-order valence-corrected chi connectivity index (χ2v) is 2.36. The molecule has 0 amide bonds. The molecule has 1 aromatic rings. The minimum Gasteiger partial charge on any atom is -0.760 e. The Kier molecular flexibility index (Phi) is 12.0. The van der Waals surface area contributed by atoms with Crippen molar-refractivity contribution in [1.82, 2.24) is 4.98 Å². The zero-order valence-corrected chi connectivity index (χ0v) is 7.73. The van der Waals surface area contributed by atoms with Gasteiger partial charge in [0, 0.05) is 22.7 Å². The average molecular weight is 215 g/mol. The Morgan fingerprint density at radius 2 is 1.64 bits per heavy atom. The molecule has 0 radical (unpaired) electrons. The smallest absolute Gasteiger partial charge is 0.0422 e. The van der Waals surface area contributed by atoms with Crippen LogP contribution in [0.5, 0.6) is 0 Å². The van der Waals surface area contributed by atoms with E-state index in [0.717, 1.165) is 0 Å². The summed E-state index contributed by atoms with van der Waals surface area (Å²) in [6.07, 6.45) is 3.50. The van der Waals surface area contributed by atoms with E-state index >= 15 is 0 Å². The summed E-state index contributed by atoms with van der Waals surface area (Å²) in [4.78, 5) is 3.78. The largest absolute Gasteiger partial charge is 0.760 e. The summed E-state index contributed by atoms with van der Waals surface area (Å²) in [5.74, 6) is 0. The Labute approximate surface area is 78.0 Å². The maximum atomic E-state index is 8.77. The fraction of sp³-hybridized carbons (Fsp3) is 0. The molecule has 1 aromatic heterocycles. The van der Waals surface area contributed by atoms with Crippen molar-refractivity contribution >= 4 is 33.4 Å². The number of nitrogens with zero attached hydrogens (tertiary/aromatic N) is 1. The van der Waals surface area contributed by atoms with Gasteiger partial charge in [0.2, 0.25) is 0 Å². The lowest BCUT2D eigenvalue weighted by atomic mass is 10.5. The predicted molar refractivity (Wildman–Crippen MR) is 46.3 cm³/mol. The van der Waals surface area contributed by atoms with E-state index in [1.165, 1.54) is 0 Å². The molecule has 0 saturated carbocycles. The van der Waals surface area contributed by atoms with Crippen LogP contribution in [0.25, 0.3) is 0 Å². The highest BCUT2D eigenvalue weighted by atomic mass is 35.7. The molecule has 0 saturated heterocycles. The molecule has 0 aliphatic carbocycles. The first kappa shape index (κ1) is 13.4. The van der Waals surface area contributed by atoms with Gasteiger partial charge in [0.05, 0.1) is 0 Å². The van der Waals surface area contributed by atoms with Gasteiger partial charge < -0.3 is 4.55 Å². The fourth-order valence-electron chi connectivity index (χ4n) is 0.313. The molecular formula is C5H6Cl2NO2S-. The van der Waals surface area contributed by atoms with Gasteiger partial charge in [0.1, 0.15) is 0 Å². The van der Waals surface area contributed by atoms with Crippen molar-refractivity contribution in [3.8, 4) is 0 Å². The molecule has 11 heavy (non-hydrogen) atoms. The van der Waals surface area contributed by atoms with Gasteiger partial charge >= 0.3 is 0 Å². The molecule has 1 rings (SSSR count). The summed E-state index contributed by atoms with van der Waals surface area (Å²) < 4.78 is 17.5. The Morgan fingerprint density at radius 3 is 1.73 bits per heavy atom. The molecule has 0 aliphatic heterocycles. The number of halogens is 2. The lowest BCUT2D eigenvalue weighted by molar-refractivity contribution is 0.552. The molecule has 0 aliphatic rings. The summed E-state index contributed by atoms with van der Waals surface area (Å²) in [6, 6.07) is 5.72. The van der Waals surface area contributed by atoms with Crippen LogP contribution < -0.4 is 0 Å². The maximum Gasteiger partial charge on any atom is 0.0422 e. The topological polar surface area (TPSA) is 53.0 Å². The maximum absolute atomic E-state index is 8.77. The Balaban J connectivity index is 0. The zero-order valence-electron chi connectivity index (χ0n) is 5.34. The third kappa shape index (κ3) is 17.7. The van der Waals surface area contributed by atoms with Crippen LogP contribution in [0, 0.1) is 0 Å². The number of hydrogen-bond acceptors (Lipinski definition) is 3. The van der Waals surface area contributed by atoms with Crippen molar-refractivity contribution in [2.24, 2.45) is 0 Å². The van der Waals surface area contributed by atoms with E-state index in [9.17, 15) is 0 Å². The lowest BCUT2D eigenvalue weighted by Crippen LogP contribution is -1.61. The first-order chi connectivity index (χ1) is 4.73. The molecule has 1 heterocycles. The van der Waals surface area contributed by atoms with E-state index in [1.807, 2.05) is 18.2 Å². The van der Waals surface area contributed by atoms with E-state index in [1.54, 1.807) is 12.4 Å². The summed E-state index contributed by atoms with van der Waals surface area (Å²) in [5, 5.41) is 0. The van der Waals surface area contributed by atoms with Crippen LogP contribution in [-0.4, -0.2) is 13.7 Å². The van der Waals surface area contributed by atoms with Gasteiger partial charge in [-0.2, -0.15) is 0 Å². The minimum atomic E-state index is -2.39. The second kappa shape index (κ2) is 9.84. The van der Waals surface area contributed by atoms with Crippen LogP contribution in [0.3, 0.4) is 0 Å². The predicted octanol–water partition coefficient (Wildman–Crippen LogP) is 1.52. The number of rotatable bonds is 0. The highest BCUT2D eigenvalue weighted by molar-refractivity contribution is 8.03. The Hall–Kier alpha value is -0.160. The highest BCUT2D eigenvalue weighted by Gasteiger charge is 1.58. The molecule has 6 heteroatoms. The summed E-state index contributed by atoms with van der Waals surface area (Å²) >= 11 is 0. The molecule has 3 nitrogen and oxygen atoms in total. The van der Waals surface area contributed by atoms with Crippen molar-refractivity contribution < 1.29 is 8.76 Å². The van der Waals surface area contributed by atoms with Crippen LogP contribution >= 0.6 is 23.1 Å². The molecule has 0 fully saturated rings. The van der Waals surface area contributed by atoms with E-state index < -0.39 is 10.3 Å². The highest BCUT2D eigenvalue weighted by Crippen LogP contribution is 1.73. The van der Waals surface area contributed by atoms with Crippen LogP contribution in [0.1, 0.15) is 0 Å². The van der Waals surface area contributed by atoms with Crippen LogP contribution in [0.15, 0.2) is 30.6 Å². The van der Waals surface area contributed by atoms with E-state index in [-0.39, 0.29) is 12.4 Å². The monoisotopic (exact) mass is 214 g/mol. The van der Waals surface area contributed by atoms with Crippen molar-refractivity contribution in [3.05, 3.63) is 30.6 Å². The average Bonchev–Trinajstić information content (AvgIpc) is 1.90. The number of pyridine rings is 1. The Bertz CT molecular complexity index is 154. The van der Waals surface area contributed by atoms with Crippen LogP contribution in [0.2, 0.25) is 0 Å². The van der Waals surface area contributed by atoms with Crippen molar-refractivity contribution in [2.75, 3.05) is 0 Å². The fourth-order valence-corrected chi connectivity index (χ4v) is 0.313. The number of hydrogen-bond donors (Lipinski definition) is 0. The first-order valence-corrected chi connectivity index (χ1v) is 4.24.